The van der Waals surface area contributed by atoms with Crippen molar-refractivity contribution in [1.29, 1.82) is 0 Å². The van der Waals surface area contributed by atoms with Crippen LogP contribution in [0.15, 0.2) is 70.0 Å². The molecule has 4 aliphatic rings. The molecule has 7 rings (SSSR count). The van der Waals surface area contributed by atoms with Gasteiger partial charge >= 0.3 is 0 Å². The van der Waals surface area contributed by atoms with Crippen LogP contribution in [-0.4, -0.2) is 60.7 Å². The van der Waals surface area contributed by atoms with Gasteiger partial charge in [-0.15, -0.1) is 0 Å². The summed E-state index contributed by atoms with van der Waals surface area (Å²) in [5, 5.41) is 2.81. The third kappa shape index (κ3) is 3.33. The van der Waals surface area contributed by atoms with Gasteiger partial charge in [0.25, 0.3) is 11.8 Å². The molecule has 38 heavy (non-hydrogen) atoms. The molecule has 2 aromatic carbocycles. The molecule has 0 aliphatic carbocycles. The number of aliphatic imine (C=N–C) groups is 1. The second kappa shape index (κ2) is 8.49. The normalized spacial score (nSPS) is 20.7. The minimum absolute atomic E-state index is 0.00258. The largest absolute Gasteiger partial charge is 0.464 e. The molecule has 1 unspecified atom stereocenters. The number of fused-ring (bicyclic) bond motifs is 1. The van der Waals surface area contributed by atoms with Crippen LogP contribution < -0.4 is 10.2 Å². The third-order valence-electron chi connectivity index (χ3n) is 7.37. The number of para-hydroxylation sites is 1. The Labute approximate surface area is 215 Å². The predicted molar refractivity (Wildman–Crippen MR) is 136 cm³/mol. The van der Waals surface area contributed by atoms with Crippen molar-refractivity contribution in [3.8, 4) is 0 Å². The van der Waals surface area contributed by atoms with Crippen LogP contribution in [-0.2, 0) is 25.5 Å². The number of nitrogens with zero attached hydrogens (tertiary/aromatic N) is 3. The van der Waals surface area contributed by atoms with E-state index < -0.39 is 23.7 Å². The van der Waals surface area contributed by atoms with E-state index in [9.17, 15) is 18.8 Å². The Kier molecular flexibility index (Phi) is 5.05. The maximum atomic E-state index is 14.5. The first-order chi connectivity index (χ1) is 18.5. The van der Waals surface area contributed by atoms with Gasteiger partial charge in [-0.2, -0.15) is 0 Å². The number of ether oxygens (including phenoxy) is 1. The zero-order chi connectivity index (χ0) is 26.0. The lowest BCUT2D eigenvalue weighted by Crippen LogP contribution is -2.49. The van der Waals surface area contributed by atoms with Crippen LogP contribution in [0.2, 0.25) is 0 Å². The Hall–Kier alpha value is -4.57. The molecule has 10 heteroatoms. The highest BCUT2D eigenvalue weighted by Gasteiger charge is 2.42. The van der Waals surface area contributed by atoms with Crippen LogP contribution in [0.3, 0.4) is 0 Å². The number of anilines is 1. The van der Waals surface area contributed by atoms with Crippen LogP contribution in [0.25, 0.3) is 16.5 Å². The van der Waals surface area contributed by atoms with Crippen LogP contribution in [0.5, 0.6) is 0 Å². The Bertz CT molecular complexity index is 1650. The predicted octanol–water partition coefficient (Wildman–Crippen LogP) is 2.55. The molecule has 3 amide bonds. The molecule has 0 saturated carbocycles. The number of amides is 3. The van der Waals surface area contributed by atoms with E-state index in [1.54, 1.807) is 12.3 Å². The molecular formula is C28H21FN4O5. The Balaban J connectivity index is 1.37. The number of hydrogen-bond acceptors (Lipinski definition) is 7. The highest BCUT2D eigenvalue weighted by molar-refractivity contribution is 6.48. The monoisotopic (exact) mass is 512 g/mol. The van der Waals surface area contributed by atoms with E-state index in [2.05, 4.69) is 10.3 Å². The summed E-state index contributed by atoms with van der Waals surface area (Å²) in [6.07, 6.45) is 5.15. The fourth-order valence-corrected chi connectivity index (χ4v) is 5.71. The van der Waals surface area contributed by atoms with E-state index in [0.717, 1.165) is 11.3 Å². The summed E-state index contributed by atoms with van der Waals surface area (Å²) < 4.78 is 25.5. The lowest BCUT2D eigenvalue weighted by Gasteiger charge is -2.32. The number of furan rings is 1. The smallest absolute Gasteiger partial charge is 0.261 e. The highest BCUT2D eigenvalue weighted by Crippen LogP contribution is 2.41. The van der Waals surface area contributed by atoms with Crippen molar-refractivity contribution in [2.75, 3.05) is 31.2 Å². The standard InChI is InChI=1S/C28H21FN4O5/c29-17-12-16-4-9-38-25(16)19(14-17)21-22(27(35)31-26(21)34)23-18-3-1-2-15-13-20(33(24(15)18)6-5-30-23)28(36)32-7-10-37-11-8-32/h1-6,9,12,14,20H,7-8,10-11,13H2,(H,31,34,35). The fourth-order valence-electron chi connectivity index (χ4n) is 5.71. The average molecular weight is 512 g/mol. The quantitative estimate of drug-likeness (QED) is 0.541. The van der Waals surface area contributed by atoms with Crippen molar-refractivity contribution in [3.63, 3.8) is 0 Å². The first-order valence-electron chi connectivity index (χ1n) is 12.3. The maximum Gasteiger partial charge on any atom is 0.261 e. The van der Waals surface area contributed by atoms with Gasteiger partial charge in [0.2, 0.25) is 5.91 Å². The van der Waals surface area contributed by atoms with Gasteiger partial charge in [0, 0.05) is 48.4 Å². The molecule has 1 saturated heterocycles. The summed E-state index contributed by atoms with van der Waals surface area (Å²) in [7, 11) is 0. The molecule has 1 aromatic heterocycles. The number of nitrogens with one attached hydrogen (secondary N) is 1. The van der Waals surface area contributed by atoms with Crippen molar-refractivity contribution in [3.05, 3.63) is 83.1 Å². The Morgan fingerprint density at radius 3 is 2.71 bits per heavy atom. The number of carbonyl (C=O) groups is 3. The number of morpholine rings is 1. The number of imide groups is 1. The molecule has 0 radical (unpaired) electrons. The number of rotatable bonds is 3. The van der Waals surface area contributed by atoms with Crippen LogP contribution >= 0.6 is 0 Å². The molecule has 9 nitrogen and oxygen atoms in total. The van der Waals surface area contributed by atoms with Gasteiger partial charge in [-0.25, -0.2) is 4.39 Å². The summed E-state index contributed by atoms with van der Waals surface area (Å²) in [6, 6.07) is 9.22. The van der Waals surface area contributed by atoms with Crippen molar-refractivity contribution < 1.29 is 27.9 Å². The molecule has 1 fully saturated rings. The summed E-state index contributed by atoms with van der Waals surface area (Å²) >= 11 is 0. The number of carbonyl (C=O) groups excluding carboxylic acids is 3. The Morgan fingerprint density at radius 2 is 1.87 bits per heavy atom. The summed E-state index contributed by atoms with van der Waals surface area (Å²) in [5.74, 6) is -1.86. The summed E-state index contributed by atoms with van der Waals surface area (Å²) in [6.45, 7) is 2.07. The number of benzene rings is 2. The molecular weight excluding hydrogens is 491 g/mol. The third-order valence-corrected chi connectivity index (χ3v) is 7.37. The second-order valence-corrected chi connectivity index (χ2v) is 9.48. The van der Waals surface area contributed by atoms with Gasteiger partial charge in [-0.3, -0.25) is 24.7 Å². The summed E-state index contributed by atoms with van der Waals surface area (Å²) in [4.78, 5) is 48.0. The topological polar surface area (TPSA) is 104 Å². The van der Waals surface area contributed by atoms with E-state index in [0.29, 0.717) is 49.3 Å². The number of halogens is 1. The van der Waals surface area contributed by atoms with Gasteiger partial charge in [-0.1, -0.05) is 18.2 Å². The molecule has 3 aromatic rings. The van der Waals surface area contributed by atoms with Gasteiger partial charge in [0.15, 0.2) is 0 Å². The van der Waals surface area contributed by atoms with Gasteiger partial charge < -0.3 is 19.0 Å². The highest BCUT2D eigenvalue weighted by atomic mass is 19.1. The molecule has 4 aliphatic heterocycles. The van der Waals surface area contributed by atoms with Crippen LogP contribution in [0.4, 0.5) is 10.1 Å². The molecule has 0 bridgehead atoms. The lowest BCUT2D eigenvalue weighted by atomic mass is 9.92. The van der Waals surface area contributed by atoms with E-state index in [-0.39, 0.29) is 28.3 Å². The van der Waals surface area contributed by atoms with E-state index in [4.69, 9.17) is 9.15 Å². The minimum Gasteiger partial charge on any atom is -0.464 e. The van der Waals surface area contributed by atoms with E-state index >= 15 is 0 Å². The van der Waals surface area contributed by atoms with Gasteiger partial charge in [0.1, 0.15) is 17.4 Å². The Morgan fingerprint density at radius 1 is 1.05 bits per heavy atom. The number of hydrogen-bond donors (Lipinski definition) is 1. The SMILES string of the molecule is O=C1NC(=O)C(c2cc(F)cc3ccoc23)=C1C1=NC=CN2c3c(cccc31)CC2C(=O)N1CCOCC1. The first kappa shape index (κ1) is 22.6. The van der Waals surface area contributed by atoms with Crippen molar-refractivity contribution >= 4 is 45.7 Å². The van der Waals surface area contributed by atoms with Crippen molar-refractivity contribution in [1.82, 2.24) is 10.2 Å². The van der Waals surface area contributed by atoms with Crippen molar-refractivity contribution in [2.45, 2.75) is 12.5 Å². The first-order valence-corrected chi connectivity index (χ1v) is 12.3. The van der Waals surface area contributed by atoms with E-state index in [1.165, 1.54) is 24.6 Å². The molecule has 5 heterocycles. The fraction of sp³-hybridized carbons (Fsp3) is 0.214. The molecule has 190 valence electrons. The van der Waals surface area contributed by atoms with Crippen LogP contribution in [0, 0.1) is 5.82 Å². The average Bonchev–Trinajstić information content (AvgIpc) is 3.57. The van der Waals surface area contributed by atoms with E-state index in [1.807, 2.05) is 28.0 Å². The summed E-state index contributed by atoms with van der Waals surface area (Å²) in [5.41, 5.74) is 3.05. The van der Waals surface area contributed by atoms with Crippen molar-refractivity contribution in [2.24, 2.45) is 4.99 Å². The van der Waals surface area contributed by atoms with Gasteiger partial charge in [-0.05, 0) is 23.8 Å². The lowest BCUT2D eigenvalue weighted by molar-refractivity contribution is -0.136. The molecule has 0 spiro atoms. The zero-order valence-electron chi connectivity index (χ0n) is 20.1. The second-order valence-electron chi connectivity index (χ2n) is 9.48. The minimum atomic E-state index is -0.658. The molecule has 1 N–H and O–H groups in total. The van der Waals surface area contributed by atoms with Crippen LogP contribution in [0.1, 0.15) is 16.7 Å². The molecule has 1 atom stereocenters. The van der Waals surface area contributed by atoms with Gasteiger partial charge in [0.05, 0.1) is 42.0 Å². The maximum absolute atomic E-state index is 14.5. The zero-order valence-corrected chi connectivity index (χ0v) is 20.1.